The number of alkyl carbamates (subject to hydrolysis) is 1. The van der Waals surface area contributed by atoms with Gasteiger partial charge in [-0.25, -0.2) is 14.6 Å². The summed E-state index contributed by atoms with van der Waals surface area (Å²) in [6.45, 7) is 0.0766. The Morgan fingerprint density at radius 1 is 1.14 bits per heavy atom. The summed E-state index contributed by atoms with van der Waals surface area (Å²) in [4.78, 5) is 28.9. The van der Waals surface area contributed by atoms with Crippen molar-refractivity contribution < 1.29 is 19.4 Å². The van der Waals surface area contributed by atoms with Crippen LogP contribution in [-0.4, -0.2) is 39.4 Å². The topological polar surface area (TPSA) is 117 Å². The number of carboxylic acid groups (broad SMARTS) is 1. The first kappa shape index (κ1) is 22.2. The predicted molar refractivity (Wildman–Crippen MR) is 129 cm³/mol. The maximum absolute atomic E-state index is 12.6. The Morgan fingerprint density at radius 3 is 2.43 bits per heavy atom. The number of nitriles is 1. The lowest BCUT2D eigenvalue weighted by Crippen LogP contribution is -2.43. The lowest BCUT2D eigenvalue weighted by Gasteiger charge is -2.18. The molecule has 1 aliphatic rings. The van der Waals surface area contributed by atoms with Crippen LogP contribution in [0.2, 0.25) is 0 Å². The second-order valence-corrected chi connectivity index (χ2v) is 8.51. The quantitative estimate of drug-likeness (QED) is 0.444. The van der Waals surface area contributed by atoms with E-state index in [0.717, 1.165) is 27.6 Å². The van der Waals surface area contributed by atoms with Crippen LogP contribution in [0.25, 0.3) is 22.2 Å². The lowest BCUT2D eigenvalue weighted by molar-refractivity contribution is -0.139. The van der Waals surface area contributed by atoms with Crippen LogP contribution in [-0.2, 0) is 23.0 Å². The minimum atomic E-state index is -1.28. The fourth-order valence-corrected chi connectivity index (χ4v) is 4.69. The van der Waals surface area contributed by atoms with Crippen LogP contribution >= 0.6 is 0 Å². The van der Waals surface area contributed by atoms with Crippen molar-refractivity contribution in [2.24, 2.45) is 7.05 Å². The number of fused-ring (bicyclic) bond motifs is 4. The van der Waals surface area contributed by atoms with Crippen LogP contribution in [0.15, 0.2) is 66.9 Å². The lowest BCUT2D eigenvalue weighted by atomic mass is 9.98. The molecule has 2 aromatic heterocycles. The maximum Gasteiger partial charge on any atom is 0.407 e. The number of hydrogen-bond donors (Lipinski definition) is 2. The van der Waals surface area contributed by atoms with E-state index in [0.29, 0.717) is 11.2 Å². The highest BCUT2D eigenvalue weighted by molar-refractivity contribution is 5.82. The number of carboxylic acids is 1. The van der Waals surface area contributed by atoms with Crippen molar-refractivity contribution >= 4 is 23.1 Å². The van der Waals surface area contributed by atoms with E-state index in [4.69, 9.17) is 4.74 Å². The van der Waals surface area contributed by atoms with E-state index >= 15 is 0 Å². The zero-order chi connectivity index (χ0) is 24.5. The third-order valence-corrected chi connectivity index (χ3v) is 6.39. The highest BCUT2D eigenvalue weighted by Gasteiger charge is 2.30. The largest absolute Gasteiger partial charge is 0.480 e. The van der Waals surface area contributed by atoms with E-state index in [1.165, 1.54) is 0 Å². The molecule has 2 aromatic carbocycles. The van der Waals surface area contributed by atoms with E-state index in [1.54, 1.807) is 10.6 Å². The number of aromatic nitrogens is 2. The summed E-state index contributed by atoms with van der Waals surface area (Å²) in [5, 5.41) is 22.5. The number of pyridine rings is 1. The molecule has 2 N–H and O–H groups in total. The van der Waals surface area contributed by atoms with E-state index < -0.39 is 18.1 Å². The van der Waals surface area contributed by atoms with Gasteiger partial charge in [0.1, 0.15) is 30.1 Å². The fourth-order valence-electron chi connectivity index (χ4n) is 4.69. The summed E-state index contributed by atoms with van der Waals surface area (Å²) >= 11 is 0. The Balaban J connectivity index is 1.31. The molecule has 0 fully saturated rings. The van der Waals surface area contributed by atoms with Crippen molar-refractivity contribution in [2.75, 3.05) is 6.61 Å². The third kappa shape index (κ3) is 4.08. The molecule has 4 aromatic rings. The van der Waals surface area contributed by atoms with Gasteiger partial charge in [-0.15, -0.1) is 0 Å². The first-order chi connectivity index (χ1) is 17.0. The summed E-state index contributed by atoms with van der Waals surface area (Å²) < 4.78 is 7.27. The van der Waals surface area contributed by atoms with Gasteiger partial charge in [0.2, 0.25) is 0 Å². The Hall–Kier alpha value is -4.64. The molecule has 8 heteroatoms. The van der Waals surface area contributed by atoms with E-state index in [9.17, 15) is 20.0 Å². The van der Waals surface area contributed by atoms with Gasteiger partial charge in [0.25, 0.3) is 0 Å². The molecule has 0 radical (unpaired) electrons. The molecule has 1 amide bonds. The number of aliphatic carboxylic acids is 1. The van der Waals surface area contributed by atoms with E-state index in [2.05, 4.69) is 10.3 Å². The van der Waals surface area contributed by atoms with Crippen LogP contribution in [0.5, 0.6) is 0 Å². The molecule has 1 aliphatic carbocycles. The molecule has 2 heterocycles. The normalized spacial score (nSPS) is 13.0. The Kier molecular flexibility index (Phi) is 5.67. The number of aryl methyl sites for hydroxylation is 1. The number of amides is 1. The third-order valence-electron chi connectivity index (χ3n) is 6.39. The van der Waals surface area contributed by atoms with Crippen LogP contribution in [0.1, 0.15) is 28.3 Å². The number of carbonyl (C=O) groups excluding carboxylic acids is 1. The molecular formula is C27H22N4O4. The summed E-state index contributed by atoms with van der Waals surface area (Å²) in [6.07, 6.45) is 0.887. The van der Waals surface area contributed by atoms with E-state index in [-0.39, 0.29) is 24.6 Å². The SMILES string of the molecule is Cn1ccc2cc(C[C@H](NC(=O)OCC3c4ccccc4-c4ccccc43)C(=O)O)c(C#N)nc21. The van der Waals surface area contributed by atoms with Crippen molar-refractivity contribution in [2.45, 2.75) is 18.4 Å². The molecule has 5 rings (SSSR count). The van der Waals surface area contributed by atoms with Gasteiger partial charge in [-0.3, -0.25) is 0 Å². The van der Waals surface area contributed by atoms with Gasteiger partial charge < -0.3 is 19.7 Å². The molecule has 0 aliphatic heterocycles. The standard InChI is InChI=1S/C27H22N4O4/c1-31-11-10-16-12-17(24(14-28)29-25(16)31)13-23(26(32)33)30-27(34)35-15-22-20-8-4-2-6-18(20)19-7-3-5-9-21(19)22/h2-12,22-23H,13,15H2,1H3,(H,30,34)(H,32,33)/t23-/m0/s1. The number of rotatable bonds is 6. The van der Waals surface area contributed by atoms with Crippen molar-refractivity contribution in [1.29, 1.82) is 5.26 Å². The minimum absolute atomic E-state index is 0.0766. The number of nitrogens with zero attached hydrogens (tertiary/aromatic N) is 3. The second kappa shape index (κ2) is 8.95. The van der Waals surface area contributed by atoms with Gasteiger partial charge in [0, 0.05) is 31.0 Å². The van der Waals surface area contributed by atoms with Gasteiger partial charge in [0.15, 0.2) is 0 Å². The molecule has 0 spiro atoms. The number of hydrogen-bond acceptors (Lipinski definition) is 5. The van der Waals surface area contributed by atoms with Crippen LogP contribution in [0, 0.1) is 11.3 Å². The average molecular weight is 466 g/mol. The molecule has 0 saturated carbocycles. The van der Waals surface area contributed by atoms with E-state index in [1.807, 2.05) is 73.9 Å². The zero-order valence-electron chi connectivity index (χ0n) is 18.9. The van der Waals surface area contributed by atoms with Crippen LogP contribution < -0.4 is 5.32 Å². The van der Waals surface area contributed by atoms with Gasteiger partial charge >= 0.3 is 12.1 Å². The van der Waals surface area contributed by atoms with Crippen molar-refractivity contribution in [1.82, 2.24) is 14.9 Å². The molecule has 0 unspecified atom stereocenters. The van der Waals surface area contributed by atoms with Crippen molar-refractivity contribution in [3.63, 3.8) is 0 Å². The van der Waals surface area contributed by atoms with Crippen LogP contribution in [0.3, 0.4) is 0 Å². The van der Waals surface area contributed by atoms with Crippen molar-refractivity contribution in [3.05, 3.63) is 89.2 Å². The Bertz CT molecular complexity index is 1460. The summed E-state index contributed by atoms with van der Waals surface area (Å²) in [6, 6.07) is 20.3. The summed E-state index contributed by atoms with van der Waals surface area (Å²) in [5.41, 5.74) is 5.54. The highest BCUT2D eigenvalue weighted by atomic mass is 16.5. The molecular weight excluding hydrogens is 444 g/mol. The monoisotopic (exact) mass is 466 g/mol. The minimum Gasteiger partial charge on any atom is -0.480 e. The number of benzene rings is 2. The summed E-state index contributed by atoms with van der Waals surface area (Å²) in [7, 11) is 1.81. The van der Waals surface area contributed by atoms with Crippen LogP contribution in [0.4, 0.5) is 4.79 Å². The number of ether oxygens (including phenoxy) is 1. The predicted octanol–water partition coefficient (Wildman–Crippen LogP) is 3.98. The smallest absolute Gasteiger partial charge is 0.407 e. The molecule has 35 heavy (non-hydrogen) atoms. The second-order valence-electron chi connectivity index (χ2n) is 8.51. The molecule has 8 nitrogen and oxygen atoms in total. The van der Waals surface area contributed by atoms with Gasteiger partial charge in [-0.1, -0.05) is 48.5 Å². The first-order valence-corrected chi connectivity index (χ1v) is 11.2. The van der Waals surface area contributed by atoms with Gasteiger partial charge in [-0.05, 0) is 39.9 Å². The number of nitrogens with one attached hydrogen (secondary N) is 1. The first-order valence-electron chi connectivity index (χ1n) is 11.2. The van der Waals surface area contributed by atoms with Crippen molar-refractivity contribution in [3.8, 4) is 17.2 Å². The highest BCUT2D eigenvalue weighted by Crippen LogP contribution is 2.44. The fraction of sp³-hybridized carbons (Fsp3) is 0.185. The molecule has 174 valence electrons. The van der Waals surface area contributed by atoms with Gasteiger partial charge in [0.05, 0.1) is 0 Å². The van der Waals surface area contributed by atoms with Gasteiger partial charge in [-0.2, -0.15) is 5.26 Å². The maximum atomic E-state index is 12.6. The number of carbonyl (C=O) groups is 2. The molecule has 0 saturated heterocycles. The molecule has 0 bridgehead atoms. The average Bonchev–Trinajstić information content (AvgIpc) is 3.39. The molecule has 1 atom stereocenters. The summed E-state index contributed by atoms with van der Waals surface area (Å²) in [5.74, 6) is -1.36. The Labute approximate surface area is 201 Å². The zero-order valence-corrected chi connectivity index (χ0v) is 18.9. The Morgan fingerprint density at radius 2 is 1.80 bits per heavy atom.